The third-order valence-electron chi connectivity index (χ3n) is 4.89. The highest BCUT2D eigenvalue weighted by molar-refractivity contribution is 7.95. The van der Waals surface area contributed by atoms with E-state index in [1.165, 1.54) is 15.9 Å². The molecular weight excluding hydrogens is 474 g/mol. The molecular formula is C25H28IOP. The van der Waals surface area contributed by atoms with E-state index in [0.717, 1.165) is 12.6 Å². The largest absolute Gasteiger partial charge is 1.00 e. The fourth-order valence-corrected chi connectivity index (χ4v) is 7.97. The second-order valence-electron chi connectivity index (χ2n) is 6.77. The van der Waals surface area contributed by atoms with Gasteiger partial charge in [-0.2, -0.15) is 0 Å². The van der Waals surface area contributed by atoms with Crippen LogP contribution in [0.2, 0.25) is 0 Å². The third-order valence-corrected chi connectivity index (χ3v) is 9.39. The van der Waals surface area contributed by atoms with Gasteiger partial charge in [0.2, 0.25) is 0 Å². The van der Waals surface area contributed by atoms with Crippen LogP contribution < -0.4 is 39.9 Å². The molecule has 28 heavy (non-hydrogen) atoms. The maximum Gasteiger partial charge on any atom is 0.114 e. The van der Waals surface area contributed by atoms with E-state index in [4.69, 9.17) is 0 Å². The number of aliphatic hydroxyl groups is 1. The van der Waals surface area contributed by atoms with Gasteiger partial charge in [0.1, 0.15) is 23.2 Å². The van der Waals surface area contributed by atoms with Crippen molar-refractivity contribution < 1.29 is 29.1 Å². The Morgan fingerprint density at radius 1 is 0.714 bits per heavy atom. The highest BCUT2D eigenvalue weighted by atomic mass is 127. The maximum absolute atomic E-state index is 11.0. The van der Waals surface area contributed by atoms with Crippen LogP contribution in [0.1, 0.15) is 19.8 Å². The molecule has 3 aromatic rings. The van der Waals surface area contributed by atoms with Gasteiger partial charge in [-0.3, -0.25) is 0 Å². The first-order chi connectivity index (χ1) is 13.3. The molecule has 1 N–H and O–H groups in total. The van der Waals surface area contributed by atoms with E-state index >= 15 is 0 Å². The molecule has 0 aliphatic carbocycles. The topological polar surface area (TPSA) is 20.2 Å². The third kappa shape index (κ3) is 5.31. The van der Waals surface area contributed by atoms with Crippen LogP contribution in [0.4, 0.5) is 0 Å². The highest BCUT2D eigenvalue weighted by Crippen LogP contribution is 2.55. The highest BCUT2D eigenvalue weighted by Gasteiger charge is 2.46. The molecule has 0 amide bonds. The first-order valence-corrected chi connectivity index (χ1v) is 11.6. The summed E-state index contributed by atoms with van der Waals surface area (Å²) < 4.78 is 0. The monoisotopic (exact) mass is 502 g/mol. The number of hydrogen-bond acceptors (Lipinski definition) is 1. The molecule has 0 heterocycles. The number of halogens is 1. The van der Waals surface area contributed by atoms with Crippen LogP contribution in [-0.2, 0) is 0 Å². The lowest BCUT2D eigenvalue weighted by molar-refractivity contribution is -0.00000749. The minimum atomic E-state index is -1.94. The van der Waals surface area contributed by atoms with Gasteiger partial charge < -0.3 is 29.1 Å². The van der Waals surface area contributed by atoms with Gasteiger partial charge >= 0.3 is 0 Å². The number of aliphatic hydroxyl groups excluding tert-OH is 1. The average molecular weight is 502 g/mol. The Morgan fingerprint density at radius 3 is 1.46 bits per heavy atom. The summed E-state index contributed by atoms with van der Waals surface area (Å²) in [6.07, 6.45) is 6.32. The number of allylic oxidation sites excluding steroid dienone is 1. The van der Waals surface area contributed by atoms with Crippen molar-refractivity contribution in [1.82, 2.24) is 0 Å². The molecule has 3 rings (SSSR count). The second kappa shape index (κ2) is 11.5. The van der Waals surface area contributed by atoms with Crippen LogP contribution in [0.5, 0.6) is 0 Å². The molecule has 146 valence electrons. The smallest absolute Gasteiger partial charge is 0.114 e. The zero-order valence-electron chi connectivity index (χ0n) is 16.3. The molecule has 0 bridgehead atoms. The lowest BCUT2D eigenvalue weighted by atomic mass is 10.2. The summed E-state index contributed by atoms with van der Waals surface area (Å²) in [5.41, 5.74) is 0. The quantitative estimate of drug-likeness (QED) is 0.283. The van der Waals surface area contributed by atoms with Crippen LogP contribution in [0.25, 0.3) is 0 Å². The Hall–Kier alpha value is -1.48. The van der Waals surface area contributed by atoms with Gasteiger partial charge in [-0.25, -0.2) is 0 Å². The average Bonchev–Trinajstić information content (AvgIpc) is 2.74. The lowest BCUT2D eigenvalue weighted by Crippen LogP contribution is -3.00. The molecule has 3 heteroatoms. The second-order valence-corrected chi connectivity index (χ2v) is 10.3. The van der Waals surface area contributed by atoms with E-state index in [9.17, 15) is 5.11 Å². The molecule has 0 aliphatic rings. The molecule has 0 aliphatic heterocycles. The van der Waals surface area contributed by atoms with Crippen molar-refractivity contribution in [2.24, 2.45) is 0 Å². The van der Waals surface area contributed by atoms with Crippen LogP contribution in [0, 0.1) is 0 Å². The van der Waals surface area contributed by atoms with Crippen molar-refractivity contribution in [3.05, 3.63) is 103 Å². The molecule has 1 atom stereocenters. The number of rotatable bonds is 8. The Balaban J connectivity index is 0.00000280. The minimum absolute atomic E-state index is 0. The maximum atomic E-state index is 11.0. The van der Waals surface area contributed by atoms with Gasteiger partial charge in [0.25, 0.3) is 0 Å². The van der Waals surface area contributed by atoms with Crippen molar-refractivity contribution in [3.8, 4) is 0 Å². The first kappa shape index (κ1) is 22.8. The Labute approximate surface area is 186 Å². The standard InChI is InChI=1S/C25H28OP.HI/c1-2-3-7-14-22(26)21-27(23-15-8-4-9-16-23,24-17-10-5-11-18-24)25-19-12-6-13-20-25;/h3-13,15-20,22,26H,2,14,21H2,1H3;1H/q+1;/p-1/b7-3-;/t22-;/m1./s1. The fraction of sp³-hybridized carbons (Fsp3) is 0.200. The predicted octanol–water partition coefficient (Wildman–Crippen LogP) is 1.70. The van der Waals surface area contributed by atoms with Gasteiger partial charge in [-0.15, -0.1) is 0 Å². The van der Waals surface area contributed by atoms with Crippen LogP contribution in [-0.4, -0.2) is 17.4 Å². The first-order valence-electron chi connectivity index (χ1n) is 9.65. The summed E-state index contributed by atoms with van der Waals surface area (Å²) in [7, 11) is -1.94. The molecule has 0 spiro atoms. The summed E-state index contributed by atoms with van der Waals surface area (Å²) >= 11 is 0. The van der Waals surface area contributed by atoms with E-state index in [1.807, 2.05) is 0 Å². The van der Waals surface area contributed by atoms with Crippen molar-refractivity contribution in [1.29, 1.82) is 0 Å². The molecule has 0 radical (unpaired) electrons. The zero-order valence-corrected chi connectivity index (χ0v) is 19.3. The van der Waals surface area contributed by atoms with Gasteiger partial charge in [-0.1, -0.05) is 73.7 Å². The summed E-state index contributed by atoms with van der Waals surface area (Å²) in [4.78, 5) is 0. The van der Waals surface area contributed by atoms with Gasteiger partial charge in [0, 0.05) is 0 Å². The van der Waals surface area contributed by atoms with Crippen molar-refractivity contribution in [2.45, 2.75) is 25.9 Å². The van der Waals surface area contributed by atoms with Gasteiger partial charge in [0.05, 0.1) is 12.3 Å². The van der Waals surface area contributed by atoms with Crippen molar-refractivity contribution in [3.63, 3.8) is 0 Å². The molecule has 0 saturated heterocycles. The number of benzene rings is 3. The summed E-state index contributed by atoms with van der Waals surface area (Å²) in [6.45, 7) is 2.12. The minimum Gasteiger partial charge on any atom is -1.00 e. The van der Waals surface area contributed by atoms with Crippen molar-refractivity contribution >= 4 is 23.2 Å². The summed E-state index contributed by atoms with van der Waals surface area (Å²) in [5.74, 6) is 0. The molecule has 0 fully saturated rings. The fourth-order valence-electron chi connectivity index (χ4n) is 3.62. The Morgan fingerprint density at radius 2 is 1.11 bits per heavy atom. The SMILES string of the molecule is CC/C=C\C[C@@H](O)C[P+](c1ccccc1)(c1ccccc1)c1ccccc1.[I-]. The predicted molar refractivity (Wildman–Crippen MR) is 120 cm³/mol. The van der Waals surface area contributed by atoms with Gasteiger partial charge in [-0.05, 0) is 49.2 Å². The van der Waals surface area contributed by atoms with E-state index in [-0.39, 0.29) is 30.1 Å². The lowest BCUT2D eigenvalue weighted by Gasteiger charge is -2.29. The zero-order chi connectivity index (χ0) is 19.0. The van der Waals surface area contributed by atoms with E-state index in [1.54, 1.807) is 0 Å². The van der Waals surface area contributed by atoms with E-state index < -0.39 is 7.26 Å². The molecule has 0 saturated carbocycles. The Bertz CT molecular complexity index is 738. The number of hydrogen-bond donors (Lipinski definition) is 1. The summed E-state index contributed by atoms with van der Waals surface area (Å²) in [6, 6.07) is 32.2. The van der Waals surface area contributed by atoms with E-state index in [0.29, 0.717) is 6.42 Å². The van der Waals surface area contributed by atoms with Crippen molar-refractivity contribution in [2.75, 3.05) is 6.16 Å². The molecule has 0 unspecified atom stereocenters. The van der Waals surface area contributed by atoms with Crippen LogP contribution in [0.15, 0.2) is 103 Å². The summed E-state index contributed by atoms with van der Waals surface area (Å²) in [5, 5.41) is 14.9. The van der Waals surface area contributed by atoms with Crippen LogP contribution in [0.3, 0.4) is 0 Å². The molecule has 1 nitrogen and oxygen atoms in total. The Kier molecular flexibility index (Phi) is 9.37. The van der Waals surface area contributed by atoms with E-state index in [2.05, 4.69) is 110 Å². The molecule has 3 aromatic carbocycles. The van der Waals surface area contributed by atoms with Crippen LogP contribution >= 0.6 is 7.26 Å². The normalized spacial score (nSPS) is 12.5. The van der Waals surface area contributed by atoms with Gasteiger partial charge in [0.15, 0.2) is 0 Å². The molecule has 0 aromatic heterocycles.